The molecule has 1 aliphatic heterocycles. The van der Waals surface area contributed by atoms with Crippen LogP contribution >= 0.6 is 0 Å². The molecule has 0 spiro atoms. The van der Waals surface area contributed by atoms with Gasteiger partial charge in [0.2, 0.25) is 5.91 Å². The van der Waals surface area contributed by atoms with E-state index in [4.69, 9.17) is 9.47 Å². The Hall–Kier alpha value is -4.33. The van der Waals surface area contributed by atoms with E-state index in [-0.39, 0.29) is 37.5 Å². The highest BCUT2D eigenvalue weighted by Crippen LogP contribution is 2.31. The van der Waals surface area contributed by atoms with Gasteiger partial charge in [-0.15, -0.1) is 0 Å². The van der Waals surface area contributed by atoms with Gasteiger partial charge >= 0.3 is 0 Å². The number of hydrogen-bond acceptors (Lipinski definition) is 5. The van der Waals surface area contributed by atoms with Gasteiger partial charge < -0.3 is 20.1 Å². The Kier molecular flexibility index (Phi) is 6.31. The monoisotopic (exact) mass is 431 g/mol. The fraction of sp³-hybridized carbons (Fsp3) is 0.125. The molecule has 0 aromatic heterocycles. The second-order valence-electron chi connectivity index (χ2n) is 7.02. The van der Waals surface area contributed by atoms with E-state index in [0.717, 1.165) is 0 Å². The first kappa shape index (κ1) is 20.9. The average molecular weight is 431 g/mol. The molecular weight excluding hydrogens is 410 g/mol. The van der Waals surface area contributed by atoms with E-state index in [0.29, 0.717) is 28.6 Å². The molecule has 8 nitrogen and oxygen atoms in total. The minimum atomic E-state index is -0.367. The summed E-state index contributed by atoms with van der Waals surface area (Å²) in [5.41, 5.74) is 1.73. The molecule has 0 saturated carbocycles. The maximum Gasteiger partial charge on any atom is 0.265 e. The number of nitrogens with zero attached hydrogens (tertiary/aromatic N) is 1. The fourth-order valence-corrected chi connectivity index (χ4v) is 3.20. The fourth-order valence-electron chi connectivity index (χ4n) is 3.20. The molecule has 8 heteroatoms. The van der Waals surface area contributed by atoms with Crippen LogP contribution in [0.5, 0.6) is 11.5 Å². The Morgan fingerprint density at radius 1 is 0.875 bits per heavy atom. The second kappa shape index (κ2) is 9.65. The largest absolute Gasteiger partial charge is 0.484 e. The first-order valence-electron chi connectivity index (χ1n) is 9.98. The summed E-state index contributed by atoms with van der Waals surface area (Å²) in [5, 5.41) is 5.49. The van der Waals surface area contributed by atoms with E-state index in [1.54, 1.807) is 60.7 Å². The molecule has 0 aliphatic carbocycles. The highest BCUT2D eigenvalue weighted by molar-refractivity contribution is 6.05. The van der Waals surface area contributed by atoms with Crippen LogP contribution in [0.4, 0.5) is 17.1 Å². The van der Waals surface area contributed by atoms with Crippen molar-refractivity contribution in [3.8, 4) is 11.5 Å². The van der Waals surface area contributed by atoms with Crippen molar-refractivity contribution in [3.05, 3.63) is 78.9 Å². The number of anilines is 3. The van der Waals surface area contributed by atoms with Crippen molar-refractivity contribution >= 4 is 34.8 Å². The van der Waals surface area contributed by atoms with Crippen molar-refractivity contribution in [2.75, 3.05) is 35.3 Å². The van der Waals surface area contributed by atoms with Gasteiger partial charge in [0, 0.05) is 17.4 Å². The molecule has 3 aromatic rings. The number of fused-ring (bicyclic) bond motifs is 1. The van der Waals surface area contributed by atoms with Crippen molar-refractivity contribution in [2.45, 2.75) is 0 Å². The summed E-state index contributed by atoms with van der Waals surface area (Å²) in [7, 11) is 0. The number of carbonyl (C=O) groups is 3. The molecule has 0 atom stereocenters. The number of ether oxygens (including phenoxy) is 2. The molecule has 3 aromatic carbocycles. The number of para-hydroxylation sites is 3. The highest BCUT2D eigenvalue weighted by atomic mass is 16.5. The van der Waals surface area contributed by atoms with Crippen LogP contribution < -0.4 is 25.0 Å². The van der Waals surface area contributed by atoms with Gasteiger partial charge in [0.1, 0.15) is 18.0 Å². The molecule has 0 radical (unpaired) electrons. The molecule has 32 heavy (non-hydrogen) atoms. The summed E-state index contributed by atoms with van der Waals surface area (Å²) in [6.07, 6.45) is 0. The molecule has 1 heterocycles. The summed E-state index contributed by atoms with van der Waals surface area (Å²) in [5.74, 6) is 0.0346. The number of benzene rings is 3. The Labute approximate surface area is 184 Å². The lowest BCUT2D eigenvalue weighted by atomic mass is 10.2. The molecule has 0 unspecified atom stereocenters. The minimum absolute atomic E-state index is 0.112. The first-order chi connectivity index (χ1) is 15.6. The van der Waals surface area contributed by atoms with Gasteiger partial charge in [-0.25, -0.2) is 0 Å². The van der Waals surface area contributed by atoms with Crippen LogP contribution in [0, 0.1) is 0 Å². The zero-order chi connectivity index (χ0) is 22.3. The molecule has 1 aliphatic rings. The van der Waals surface area contributed by atoms with Gasteiger partial charge in [-0.05, 0) is 36.4 Å². The van der Waals surface area contributed by atoms with Gasteiger partial charge in [0.15, 0.2) is 13.2 Å². The predicted octanol–water partition coefficient (Wildman–Crippen LogP) is 3.07. The topological polar surface area (TPSA) is 97.0 Å². The lowest BCUT2D eigenvalue weighted by molar-refractivity contribution is -0.123. The summed E-state index contributed by atoms with van der Waals surface area (Å²) < 4.78 is 10.9. The van der Waals surface area contributed by atoms with Crippen LogP contribution in [0.15, 0.2) is 78.9 Å². The lowest BCUT2D eigenvalue weighted by Gasteiger charge is -2.28. The van der Waals surface area contributed by atoms with Gasteiger partial charge in [-0.3, -0.25) is 19.3 Å². The van der Waals surface area contributed by atoms with Crippen molar-refractivity contribution in [2.24, 2.45) is 0 Å². The lowest BCUT2D eigenvalue weighted by Crippen LogP contribution is -2.43. The third-order valence-electron chi connectivity index (χ3n) is 4.66. The number of carbonyl (C=O) groups excluding carboxylic acids is 3. The average Bonchev–Trinajstić information content (AvgIpc) is 2.80. The van der Waals surface area contributed by atoms with Gasteiger partial charge in [-0.1, -0.05) is 36.4 Å². The van der Waals surface area contributed by atoms with E-state index in [1.165, 1.54) is 4.90 Å². The Morgan fingerprint density at radius 2 is 1.59 bits per heavy atom. The summed E-state index contributed by atoms with van der Waals surface area (Å²) in [6.45, 7) is -0.437. The molecule has 0 fully saturated rings. The van der Waals surface area contributed by atoms with Crippen molar-refractivity contribution < 1.29 is 23.9 Å². The van der Waals surface area contributed by atoms with Crippen LogP contribution in [0.3, 0.4) is 0 Å². The molecule has 162 valence electrons. The van der Waals surface area contributed by atoms with E-state index in [2.05, 4.69) is 10.6 Å². The van der Waals surface area contributed by atoms with Crippen LogP contribution in [-0.2, 0) is 14.4 Å². The molecule has 2 N–H and O–H groups in total. The second-order valence-corrected chi connectivity index (χ2v) is 7.02. The molecule has 4 rings (SSSR count). The van der Waals surface area contributed by atoms with Gasteiger partial charge in [-0.2, -0.15) is 0 Å². The number of hydrogen-bond donors (Lipinski definition) is 2. The first-order valence-corrected chi connectivity index (χ1v) is 9.98. The molecule has 3 amide bonds. The third-order valence-corrected chi connectivity index (χ3v) is 4.66. The maximum atomic E-state index is 12.6. The number of nitrogens with one attached hydrogen (secondary N) is 2. The van der Waals surface area contributed by atoms with Crippen LogP contribution in [0.2, 0.25) is 0 Å². The van der Waals surface area contributed by atoms with Gasteiger partial charge in [0.25, 0.3) is 11.8 Å². The predicted molar refractivity (Wildman–Crippen MR) is 120 cm³/mol. The van der Waals surface area contributed by atoms with Crippen molar-refractivity contribution in [3.63, 3.8) is 0 Å². The molecular formula is C24H21N3O5. The van der Waals surface area contributed by atoms with Crippen LogP contribution in [0.25, 0.3) is 0 Å². The van der Waals surface area contributed by atoms with Gasteiger partial charge in [0.05, 0.1) is 5.69 Å². The SMILES string of the molecule is O=C(COc1cccc(NC(=O)CN2C(=O)COc3ccccc32)c1)Nc1ccccc1. The van der Waals surface area contributed by atoms with E-state index in [1.807, 2.05) is 18.2 Å². The Balaban J connectivity index is 1.33. The zero-order valence-corrected chi connectivity index (χ0v) is 17.1. The third kappa shape index (κ3) is 5.23. The summed E-state index contributed by atoms with van der Waals surface area (Å²) >= 11 is 0. The van der Waals surface area contributed by atoms with Crippen molar-refractivity contribution in [1.82, 2.24) is 0 Å². The summed E-state index contributed by atoms with van der Waals surface area (Å²) in [4.78, 5) is 38.2. The minimum Gasteiger partial charge on any atom is -0.484 e. The van der Waals surface area contributed by atoms with E-state index >= 15 is 0 Å². The summed E-state index contributed by atoms with van der Waals surface area (Å²) in [6, 6.07) is 22.8. The van der Waals surface area contributed by atoms with Crippen molar-refractivity contribution in [1.29, 1.82) is 0 Å². The highest BCUT2D eigenvalue weighted by Gasteiger charge is 2.26. The maximum absolute atomic E-state index is 12.6. The number of amides is 3. The van der Waals surface area contributed by atoms with E-state index < -0.39 is 0 Å². The Bertz CT molecular complexity index is 1130. The molecule has 0 bridgehead atoms. The molecule has 0 saturated heterocycles. The quantitative estimate of drug-likeness (QED) is 0.599. The van der Waals surface area contributed by atoms with E-state index in [9.17, 15) is 14.4 Å². The normalized spacial score (nSPS) is 12.4. The standard InChI is InChI=1S/C24H21N3O5/c28-22(14-27-20-11-4-5-12-21(20)32-16-24(27)30)26-18-9-6-10-19(13-18)31-15-23(29)25-17-7-2-1-3-8-17/h1-13H,14-16H2,(H,25,29)(H,26,28). The Morgan fingerprint density at radius 3 is 2.44 bits per heavy atom. The zero-order valence-electron chi connectivity index (χ0n) is 17.1. The van der Waals surface area contributed by atoms with Crippen LogP contribution in [0.1, 0.15) is 0 Å². The smallest absolute Gasteiger partial charge is 0.265 e. The van der Waals surface area contributed by atoms with Crippen LogP contribution in [-0.4, -0.2) is 37.5 Å². The number of rotatable bonds is 7.